The zero-order valence-corrected chi connectivity index (χ0v) is 9.98. The lowest BCUT2D eigenvalue weighted by Crippen LogP contribution is -1.92. The van der Waals surface area contributed by atoms with Crippen molar-refractivity contribution in [1.29, 1.82) is 0 Å². The minimum atomic E-state index is -0.244. The summed E-state index contributed by atoms with van der Waals surface area (Å²) in [7, 11) is 0. The van der Waals surface area contributed by atoms with Gasteiger partial charge in [-0.1, -0.05) is 27.3 Å². The molecule has 0 unspecified atom stereocenters. The van der Waals surface area contributed by atoms with E-state index in [1.54, 1.807) is 12.1 Å². The van der Waals surface area contributed by atoms with Crippen LogP contribution in [0.4, 0.5) is 9.52 Å². The molecule has 2 aromatic rings. The molecule has 0 aliphatic heterocycles. The van der Waals surface area contributed by atoms with Crippen molar-refractivity contribution in [3.63, 3.8) is 0 Å². The number of anilines is 1. The summed E-state index contributed by atoms with van der Waals surface area (Å²) in [5, 5.41) is 8.64. The van der Waals surface area contributed by atoms with Crippen molar-refractivity contribution >= 4 is 32.4 Å². The van der Waals surface area contributed by atoms with E-state index in [-0.39, 0.29) is 5.82 Å². The Morgan fingerprint density at radius 2 is 2.20 bits per heavy atom. The molecule has 78 valence electrons. The second-order valence-corrected chi connectivity index (χ2v) is 4.96. The minimum absolute atomic E-state index is 0.244. The molecule has 3 nitrogen and oxygen atoms in total. The first-order valence-corrected chi connectivity index (χ1v) is 5.78. The van der Waals surface area contributed by atoms with Crippen molar-refractivity contribution in [2.45, 2.75) is 6.42 Å². The SMILES string of the molecule is Nc1nnc(Cc2cc(Br)ccc2F)s1. The van der Waals surface area contributed by atoms with E-state index >= 15 is 0 Å². The third-order valence-corrected chi connectivity index (χ3v) is 3.08. The highest BCUT2D eigenvalue weighted by Gasteiger charge is 2.07. The highest BCUT2D eigenvalue weighted by molar-refractivity contribution is 9.10. The van der Waals surface area contributed by atoms with Gasteiger partial charge in [0.1, 0.15) is 10.8 Å². The number of nitrogens with zero attached hydrogens (tertiary/aromatic N) is 2. The van der Waals surface area contributed by atoms with Crippen LogP contribution in [-0.2, 0) is 6.42 Å². The fraction of sp³-hybridized carbons (Fsp3) is 0.111. The van der Waals surface area contributed by atoms with Crippen molar-refractivity contribution in [1.82, 2.24) is 10.2 Å². The third kappa shape index (κ3) is 2.51. The molecule has 0 amide bonds. The first-order valence-electron chi connectivity index (χ1n) is 4.17. The second kappa shape index (κ2) is 4.24. The topological polar surface area (TPSA) is 51.8 Å². The Balaban J connectivity index is 2.27. The molecule has 0 bridgehead atoms. The molecule has 1 aromatic carbocycles. The van der Waals surface area contributed by atoms with Gasteiger partial charge in [-0.15, -0.1) is 10.2 Å². The molecule has 6 heteroatoms. The molecule has 0 radical (unpaired) electrons. The quantitative estimate of drug-likeness (QED) is 0.924. The lowest BCUT2D eigenvalue weighted by molar-refractivity contribution is 0.613. The van der Waals surface area contributed by atoms with Crippen molar-refractivity contribution in [2.24, 2.45) is 0 Å². The molecule has 0 aliphatic carbocycles. The maximum atomic E-state index is 13.4. The van der Waals surface area contributed by atoms with Gasteiger partial charge in [0.2, 0.25) is 5.13 Å². The molecule has 2 rings (SSSR count). The zero-order valence-electron chi connectivity index (χ0n) is 7.58. The van der Waals surface area contributed by atoms with E-state index in [1.807, 2.05) is 0 Å². The smallest absolute Gasteiger partial charge is 0.203 e. The summed E-state index contributed by atoms with van der Waals surface area (Å²) < 4.78 is 14.2. The molecular weight excluding hydrogens is 281 g/mol. The second-order valence-electron chi connectivity index (χ2n) is 2.95. The monoisotopic (exact) mass is 287 g/mol. The summed E-state index contributed by atoms with van der Waals surface area (Å²) in [5.41, 5.74) is 6.03. The van der Waals surface area contributed by atoms with Gasteiger partial charge in [0.05, 0.1) is 0 Å². The lowest BCUT2D eigenvalue weighted by Gasteiger charge is -2.00. The Morgan fingerprint density at radius 3 is 2.87 bits per heavy atom. The summed E-state index contributed by atoms with van der Waals surface area (Å²) in [6.07, 6.45) is 0.417. The van der Waals surface area contributed by atoms with Gasteiger partial charge < -0.3 is 5.73 Å². The van der Waals surface area contributed by atoms with Crippen LogP contribution >= 0.6 is 27.3 Å². The Labute approximate surface area is 98.3 Å². The summed E-state index contributed by atoms with van der Waals surface area (Å²) in [6.45, 7) is 0. The number of rotatable bonds is 2. The Bertz CT molecular complexity index is 486. The number of hydrogen-bond acceptors (Lipinski definition) is 4. The molecule has 0 atom stereocenters. The maximum Gasteiger partial charge on any atom is 0.203 e. The van der Waals surface area contributed by atoms with Crippen LogP contribution in [0.5, 0.6) is 0 Å². The number of halogens is 2. The van der Waals surface area contributed by atoms with E-state index < -0.39 is 0 Å². The van der Waals surface area contributed by atoms with E-state index in [0.717, 1.165) is 4.47 Å². The normalized spacial score (nSPS) is 10.5. The van der Waals surface area contributed by atoms with Gasteiger partial charge in [-0.25, -0.2) is 4.39 Å². The first kappa shape index (κ1) is 10.5. The van der Waals surface area contributed by atoms with E-state index in [9.17, 15) is 4.39 Å². The molecule has 0 spiro atoms. The summed E-state index contributed by atoms with van der Waals surface area (Å²) in [5.74, 6) is -0.244. The predicted octanol–water partition coefficient (Wildman–Crippen LogP) is 2.61. The minimum Gasteiger partial charge on any atom is -0.374 e. The number of nitrogens with two attached hydrogens (primary N) is 1. The Kier molecular flexibility index (Phi) is 2.97. The van der Waals surface area contributed by atoms with Crippen LogP contribution in [0.2, 0.25) is 0 Å². The van der Waals surface area contributed by atoms with Gasteiger partial charge in [-0.2, -0.15) is 0 Å². The van der Waals surface area contributed by atoms with Gasteiger partial charge >= 0.3 is 0 Å². The number of aromatic nitrogens is 2. The molecule has 0 saturated heterocycles. The molecule has 2 N–H and O–H groups in total. The summed E-state index contributed by atoms with van der Waals surface area (Å²) in [6, 6.07) is 4.81. The van der Waals surface area contributed by atoms with Crippen molar-refractivity contribution < 1.29 is 4.39 Å². The Hall–Kier alpha value is -1.01. The molecule has 15 heavy (non-hydrogen) atoms. The number of benzene rings is 1. The maximum absolute atomic E-state index is 13.4. The first-order chi connectivity index (χ1) is 7.15. The van der Waals surface area contributed by atoms with Crippen LogP contribution in [0.3, 0.4) is 0 Å². The third-order valence-electron chi connectivity index (χ3n) is 1.83. The lowest BCUT2D eigenvalue weighted by atomic mass is 10.1. The van der Waals surface area contributed by atoms with Crippen LogP contribution in [0, 0.1) is 5.82 Å². The fourth-order valence-corrected chi connectivity index (χ4v) is 2.22. The average molecular weight is 288 g/mol. The van der Waals surface area contributed by atoms with Crippen molar-refractivity contribution in [2.75, 3.05) is 5.73 Å². The standard InChI is InChI=1S/C9H7BrFN3S/c10-6-1-2-7(11)5(3-6)4-8-13-14-9(12)15-8/h1-3H,4H2,(H2,12,14). The average Bonchev–Trinajstić information content (AvgIpc) is 2.58. The van der Waals surface area contributed by atoms with Crippen molar-refractivity contribution in [3.8, 4) is 0 Å². The van der Waals surface area contributed by atoms with Crippen LogP contribution in [0.15, 0.2) is 22.7 Å². The van der Waals surface area contributed by atoms with Gasteiger partial charge in [0.15, 0.2) is 0 Å². The number of nitrogen functional groups attached to an aromatic ring is 1. The van der Waals surface area contributed by atoms with Crippen LogP contribution in [0.1, 0.15) is 10.6 Å². The Morgan fingerprint density at radius 1 is 1.40 bits per heavy atom. The van der Waals surface area contributed by atoms with E-state index in [4.69, 9.17) is 5.73 Å². The van der Waals surface area contributed by atoms with Crippen molar-refractivity contribution in [3.05, 3.63) is 39.1 Å². The molecule has 0 aliphatic rings. The van der Waals surface area contributed by atoms with Gasteiger partial charge in [0, 0.05) is 10.9 Å². The van der Waals surface area contributed by atoms with E-state index in [2.05, 4.69) is 26.1 Å². The van der Waals surface area contributed by atoms with E-state index in [0.29, 0.717) is 22.1 Å². The highest BCUT2D eigenvalue weighted by Crippen LogP contribution is 2.20. The fourth-order valence-electron chi connectivity index (χ4n) is 1.18. The molecule has 1 heterocycles. The summed E-state index contributed by atoms with van der Waals surface area (Å²) >= 11 is 4.56. The van der Waals surface area contributed by atoms with Gasteiger partial charge in [-0.05, 0) is 23.8 Å². The van der Waals surface area contributed by atoms with Crippen LogP contribution in [0.25, 0.3) is 0 Å². The zero-order chi connectivity index (χ0) is 10.8. The van der Waals surface area contributed by atoms with Crippen LogP contribution < -0.4 is 5.73 Å². The largest absolute Gasteiger partial charge is 0.374 e. The summed E-state index contributed by atoms with van der Waals surface area (Å²) in [4.78, 5) is 0. The molecular formula is C9H7BrFN3S. The molecule has 0 fully saturated rings. The molecule has 0 saturated carbocycles. The van der Waals surface area contributed by atoms with Gasteiger partial charge in [0.25, 0.3) is 0 Å². The van der Waals surface area contributed by atoms with Crippen LogP contribution in [-0.4, -0.2) is 10.2 Å². The number of hydrogen-bond donors (Lipinski definition) is 1. The predicted molar refractivity (Wildman–Crippen MR) is 61.2 cm³/mol. The van der Waals surface area contributed by atoms with E-state index in [1.165, 1.54) is 17.4 Å². The van der Waals surface area contributed by atoms with Gasteiger partial charge in [-0.3, -0.25) is 0 Å². The molecule has 1 aromatic heterocycles. The highest BCUT2D eigenvalue weighted by atomic mass is 79.9.